The molecule has 1 N–H and O–H groups in total. The van der Waals surface area contributed by atoms with E-state index in [1.807, 2.05) is 37.3 Å². The van der Waals surface area contributed by atoms with E-state index >= 15 is 0 Å². The molecule has 0 heterocycles. The summed E-state index contributed by atoms with van der Waals surface area (Å²) in [6.45, 7) is 1.94. The Morgan fingerprint density at radius 3 is 2.25 bits per heavy atom. The van der Waals surface area contributed by atoms with Crippen LogP contribution < -0.4 is 4.72 Å². The van der Waals surface area contributed by atoms with Crippen molar-refractivity contribution in [3.05, 3.63) is 65.2 Å². The SMILES string of the molecule is CCC(NS(=O)(=O)c1ccccc1Cl)c1ccccc1. The molecule has 0 aliphatic heterocycles. The van der Waals surface area contributed by atoms with Crippen LogP contribution in [0.25, 0.3) is 0 Å². The Morgan fingerprint density at radius 2 is 1.65 bits per heavy atom. The van der Waals surface area contributed by atoms with Crippen molar-refractivity contribution in [2.24, 2.45) is 0 Å². The lowest BCUT2D eigenvalue weighted by Crippen LogP contribution is -2.28. The molecule has 0 amide bonds. The van der Waals surface area contributed by atoms with Crippen molar-refractivity contribution in [1.82, 2.24) is 4.72 Å². The number of hydrogen-bond acceptors (Lipinski definition) is 2. The Bertz CT molecular complexity index is 671. The van der Waals surface area contributed by atoms with Gasteiger partial charge in [-0.15, -0.1) is 0 Å². The van der Waals surface area contributed by atoms with E-state index in [4.69, 9.17) is 11.6 Å². The van der Waals surface area contributed by atoms with Crippen LogP contribution in [0.1, 0.15) is 24.9 Å². The van der Waals surface area contributed by atoms with E-state index in [0.29, 0.717) is 6.42 Å². The van der Waals surface area contributed by atoms with Gasteiger partial charge in [-0.2, -0.15) is 0 Å². The van der Waals surface area contributed by atoms with Crippen molar-refractivity contribution >= 4 is 21.6 Å². The Morgan fingerprint density at radius 1 is 1.05 bits per heavy atom. The summed E-state index contributed by atoms with van der Waals surface area (Å²) in [5.74, 6) is 0. The minimum absolute atomic E-state index is 0.107. The molecule has 2 rings (SSSR count). The summed E-state index contributed by atoms with van der Waals surface area (Å²) in [4.78, 5) is 0.107. The standard InChI is InChI=1S/C15H16ClNO2S/c1-2-14(12-8-4-3-5-9-12)17-20(18,19)15-11-7-6-10-13(15)16/h3-11,14,17H,2H2,1H3. The van der Waals surface area contributed by atoms with Crippen LogP contribution in [0, 0.1) is 0 Å². The number of halogens is 1. The van der Waals surface area contributed by atoms with E-state index in [1.165, 1.54) is 6.07 Å². The predicted octanol–water partition coefficient (Wildman–Crippen LogP) is 3.77. The lowest BCUT2D eigenvalue weighted by atomic mass is 10.1. The molecule has 3 nitrogen and oxygen atoms in total. The second kappa shape index (κ2) is 6.39. The molecule has 0 spiro atoms. The minimum atomic E-state index is -3.63. The summed E-state index contributed by atoms with van der Waals surface area (Å²) >= 11 is 5.96. The molecule has 0 bridgehead atoms. The van der Waals surface area contributed by atoms with Crippen molar-refractivity contribution in [1.29, 1.82) is 0 Å². The van der Waals surface area contributed by atoms with E-state index in [2.05, 4.69) is 4.72 Å². The van der Waals surface area contributed by atoms with E-state index in [-0.39, 0.29) is 16.0 Å². The normalized spacial score (nSPS) is 13.1. The highest BCUT2D eigenvalue weighted by molar-refractivity contribution is 7.89. The van der Waals surface area contributed by atoms with Gasteiger partial charge in [-0.05, 0) is 24.1 Å². The summed E-state index contributed by atoms with van der Waals surface area (Å²) in [5.41, 5.74) is 0.936. The first-order valence-corrected chi connectivity index (χ1v) is 8.22. The third-order valence-electron chi connectivity index (χ3n) is 3.03. The largest absolute Gasteiger partial charge is 0.242 e. The molecule has 1 unspecified atom stereocenters. The van der Waals surface area contributed by atoms with Gasteiger partial charge in [-0.25, -0.2) is 13.1 Å². The Hall–Kier alpha value is -1.36. The lowest BCUT2D eigenvalue weighted by molar-refractivity contribution is 0.550. The molecular formula is C15H16ClNO2S. The molecule has 0 radical (unpaired) electrons. The molecule has 0 aliphatic rings. The zero-order valence-electron chi connectivity index (χ0n) is 11.1. The van der Waals surface area contributed by atoms with Gasteiger partial charge >= 0.3 is 0 Å². The fourth-order valence-corrected chi connectivity index (χ4v) is 3.81. The number of sulfonamides is 1. The van der Waals surface area contributed by atoms with Crippen LogP contribution in [-0.2, 0) is 10.0 Å². The van der Waals surface area contributed by atoms with Gasteiger partial charge in [0.25, 0.3) is 0 Å². The highest BCUT2D eigenvalue weighted by Crippen LogP contribution is 2.24. The molecule has 0 aliphatic carbocycles. The second-order valence-electron chi connectivity index (χ2n) is 4.42. The summed E-state index contributed by atoms with van der Waals surface area (Å²) in [6.07, 6.45) is 0.660. The van der Waals surface area contributed by atoms with Crippen LogP contribution in [-0.4, -0.2) is 8.42 Å². The highest BCUT2D eigenvalue weighted by atomic mass is 35.5. The summed E-state index contributed by atoms with van der Waals surface area (Å²) in [5, 5.41) is 0.225. The van der Waals surface area contributed by atoms with Gasteiger partial charge in [0.15, 0.2) is 0 Å². The van der Waals surface area contributed by atoms with Crippen LogP contribution in [0.15, 0.2) is 59.5 Å². The van der Waals surface area contributed by atoms with E-state index in [1.54, 1.807) is 18.2 Å². The Labute approximate surface area is 124 Å². The van der Waals surface area contributed by atoms with Gasteiger partial charge in [0, 0.05) is 6.04 Å². The predicted molar refractivity (Wildman–Crippen MR) is 81.2 cm³/mol. The zero-order valence-corrected chi connectivity index (χ0v) is 12.7. The number of rotatable bonds is 5. The fraction of sp³-hybridized carbons (Fsp3) is 0.200. The first kappa shape index (κ1) is 15.0. The Kier molecular flexibility index (Phi) is 4.81. The fourth-order valence-electron chi connectivity index (χ4n) is 1.99. The van der Waals surface area contributed by atoms with Gasteiger partial charge < -0.3 is 0 Å². The van der Waals surface area contributed by atoms with Crippen LogP contribution in [0.2, 0.25) is 5.02 Å². The smallest absolute Gasteiger partial charge is 0.207 e. The van der Waals surface area contributed by atoms with Crippen LogP contribution in [0.4, 0.5) is 0 Å². The summed E-state index contributed by atoms with van der Waals surface area (Å²) in [6, 6.07) is 15.7. The highest BCUT2D eigenvalue weighted by Gasteiger charge is 2.22. The van der Waals surface area contributed by atoms with Gasteiger partial charge in [0.2, 0.25) is 10.0 Å². The van der Waals surface area contributed by atoms with E-state index < -0.39 is 10.0 Å². The van der Waals surface area contributed by atoms with Crippen LogP contribution >= 0.6 is 11.6 Å². The lowest BCUT2D eigenvalue weighted by Gasteiger charge is -2.18. The first-order valence-electron chi connectivity index (χ1n) is 6.36. The van der Waals surface area contributed by atoms with Gasteiger partial charge in [-0.1, -0.05) is 61.0 Å². The van der Waals surface area contributed by atoms with Crippen molar-refractivity contribution in [2.75, 3.05) is 0 Å². The maximum Gasteiger partial charge on any atom is 0.242 e. The molecule has 106 valence electrons. The van der Waals surface area contributed by atoms with E-state index in [9.17, 15) is 8.42 Å². The molecule has 2 aromatic rings. The molecule has 5 heteroatoms. The summed E-state index contributed by atoms with van der Waals surface area (Å²) < 4.78 is 27.5. The van der Waals surface area contributed by atoms with Crippen molar-refractivity contribution in [2.45, 2.75) is 24.3 Å². The summed E-state index contributed by atoms with van der Waals surface area (Å²) in [7, 11) is -3.63. The number of nitrogens with one attached hydrogen (secondary N) is 1. The second-order valence-corrected chi connectivity index (χ2v) is 6.51. The van der Waals surface area contributed by atoms with Gasteiger partial charge in [0.05, 0.1) is 5.02 Å². The third kappa shape index (κ3) is 3.39. The van der Waals surface area contributed by atoms with Crippen molar-refractivity contribution < 1.29 is 8.42 Å². The van der Waals surface area contributed by atoms with Crippen molar-refractivity contribution in [3.63, 3.8) is 0 Å². The van der Waals surface area contributed by atoms with Crippen molar-refractivity contribution in [3.8, 4) is 0 Å². The maximum absolute atomic E-state index is 12.4. The number of benzene rings is 2. The number of hydrogen-bond donors (Lipinski definition) is 1. The van der Waals surface area contributed by atoms with Gasteiger partial charge in [-0.3, -0.25) is 0 Å². The quantitative estimate of drug-likeness (QED) is 0.914. The maximum atomic E-state index is 12.4. The monoisotopic (exact) mass is 309 g/mol. The first-order chi connectivity index (χ1) is 9.54. The molecule has 1 atom stereocenters. The van der Waals surface area contributed by atoms with E-state index in [0.717, 1.165) is 5.56 Å². The molecule has 20 heavy (non-hydrogen) atoms. The molecule has 0 aromatic heterocycles. The average Bonchev–Trinajstić information content (AvgIpc) is 2.46. The molecule has 0 saturated carbocycles. The molecule has 0 saturated heterocycles. The van der Waals surface area contributed by atoms with Crippen LogP contribution in [0.5, 0.6) is 0 Å². The zero-order chi connectivity index (χ0) is 14.6. The van der Waals surface area contributed by atoms with Gasteiger partial charge in [0.1, 0.15) is 4.90 Å². The van der Waals surface area contributed by atoms with Crippen LogP contribution in [0.3, 0.4) is 0 Å². The average molecular weight is 310 g/mol. The molecule has 0 fully saturated rings. The minimum Gasteiger partial charge on any atom is -0.207 e. The molecular weight excluding hydrogens is 294 g/mol. The third-order valence-corrected chi connectivity index (χ3v) is 5.01. The topological polar surface area (TPSA) is 46.2 Å². The molecule has 2 aromatic carbocycles. The Balaban J connectivity index is 2.30.